The van der Waals surface area contributed by atoms with Gasteiger partial charge in [0.05, 0.1) is 44.0 Å². The molecule has 12 aromatic rings. The molecule has 0 spiro atoms. The van der Waals surface area contributed by atoms with Gasteiger partial charge in [0.25, 0.3) is 0 Å². The average Bonchev–Trinajstić information content (AvgIpc) is 3.92. The lowest BCUT2D eigenvalue weighted by atomic mass is 10.0. The van der Waals surface area contributed by atoms with Crippen molar-refractivity contribution in [3.8, 4) is 34.0 Å². The Hall–Kier alpha value is -7.50. The van der Waals surface area contributed by atoms with Crippen molar-refractivity contribution in [2.75, 3.05) is 0 Å². The fourth-order valence-electron chi connectivity index (χ4n) is 9.04. The molecule has 8 aromatic carbocycles. The summed E-state index contributed by atoms with van der Waals surface area (Å²) in [7, 11) is 0. The minimum Gasteiger partial charge on any atom is -0.455 e. The second-order valence-electron chi connectivity index (χ2n) is 14.6. The van der Waals surface area contributed by atoms with Gasteiger partial charge in [-0.15, -0.1) is 0 Å². The molecule has 262 valence electrons. The maximum Gasteiger partial charge on any atom is 0.160 e. The van der Waals surface area contributed by atoms with Crippen molar-refractivity contribution in [1.29, 1.82) is 0 Å². The van der Waals surface area contributed by atoms with Crippen LogP contribution in [0.25, 0.3) is 110 Å². The number of hydrogen-bond donors (Lipinski definition) is 0. The monoisotopic (exact) mass is 716 g/mol. The van der Waals surface area contributed by atoms with Crippen molar-refractivity contribution in [3.05, 3.63) is 181 Å². The van der Waals surface area contributed by atoms with E-state index in [4.69, 9.17) is 14.4 Å². The SMILES string of the molecule is Cc1cc(-c2nc(-c3ccccc3)c3ccccc3n2)ccc1-n1c2ccccc2c2c3oc4ccccc4c3c3c(c4ccccc4n3-c3ccccc3)c21. The van der Waals surface area contributed by atoms with Gasteiger partial charge in [-0.05, 0) is 67.1 Å². The molecule has 0 amide bonds. The molecule has 0 bridgehead atoms. The molecule has 4 heterocycles. The second-order valence-corrected chi connectivity index (χ2v) is 14.6. The number of para-hydroxylation sites is 5. The molecule has 5 nitrogen and oxygen atoms in total. The van der Waals surface area contributed by atoms with Crippen LogP contribution in [0.15, 0.2) is 180 Å². The minimum absolute atomic E-state index is 0.705. The van der Waals surface area contributed by atoms with Crippen molar-refractivity contribution in [2.24, 2.45) is 0 Å². The van der Waals surface area contributed by atoms with E-state index in [9.17, 15) is 0 Å². The summed E-state index contributed by atoms with van der Waals surface area (Å²) in [4.78, 5) is 10.3. The van der Waals surface area contributed by atoms with Crippen LogP contribution >= 0.6 is 0 Å². The lowest BCUT2D eigenvalue weighted by Crippen LogP contribution is -2.00. The van der Waals surface area contributed by atoms with Gasteiger partial charge in [0.15, 0.2) is 5.82 Å². The molecule has 0 N–H and O–H groups in total. The third-order valence-corrected chi connectivity index (χ3v) is 11.4. The molecule has 4 aromatic heterocycles. The minimum atomic E-state index is 0.705. The smallest absolute Gasteiger partial charge is 0.160 e. The molecule has 0 unspecified atom stereocenters. The largest absolute Gasteiger partial charge is 0.455 e. The molecule has 0 aliphatic carbocycles. The standard InChI is InChI=1S/C51H32N4O/c1-31-30-33(51-52-39-24-12-8-20-35(39)47(53-51)32-16-4-2-5-17-32)28-29-40(31)55-42-26-14-10-22-37(42)45-49(55)44-36-21-9-13-25-41(36)54(34-18-6-3-7-19-34)48(44)46-38-23-11-15-27-43(38)56-50(45)46/h2-30H,1H3. The van der Waals surface area contributed by atoms with Gasteiger partial charge in [-0.3, -0.25) is 0 Å². The highest BCUT2D eigenvalue weighted by Gasteiger charge is 2.28. The number of benzene rings is 8. The third kappa shape index (κ3) is 4.31. The molecule has 0 saturated carbocycles. The van der Waals surface area contributed by atoms with Crippen LogP contribution < -0.4 is 0 Å². The topological polar surface area (TPSA) is 48.8 Å². The van der Waals surface area contributed by atoms with Gasteiger partial charge in [-0.25, -0.2) is 9.97 Å². The lowest BCUT2D eigenvalue weighted by molar-refractivity contribution is 0.673. The fourth-order valence-corrected chi connectivity index (χ4v) is 9.04. The van der Waals surface area contributed by atoms with Crippen LogP contribution in [0.3, 0.4) is 0 Å². The Labute approximate surface area is 321 Å². The van der Waals surface area contributed by atoms with E-state index in [1.54, 1.807) is 0 Å². The van der Waals surface area contributed by atoms with Crippen LogP contribution in [0, 0.1) is 6.92 Å². The molecule has 5 heteroatoms. The van der Waals surface area contributed by atoms with Crippen molar-refractivity contribution in [3.63, 3.8) is 0 Å². The van der Waals surface area contributed by atoms with Gasteiger partial charge in [0.1, 0.15) is 11.2 Å². The molecule has 0 radical (unpaired) electrons. The normalized spacial score (nSPS) is 12.0. The second kappa shape index (κ2) is 11.7. The van der Waals surface area contributed by atoms with Crippen molar-refractivity contribution >= 4 is 76.5 Å². The molecular weight excluding hydrogens is 685 g/mol. The molecular formula is C51H32N4O. The van der Waals surface area contributed by atoms with Gasteiger partial charge >= 0.3 is 0 Å². The molecule has 0 atom stereocenters. The Morgan fingerprint density at radius 1 is 0.464 bits per heavy atom. The summed E-state index contributed by atoms with van der Waals surface area (Å²) in [6, 6.07) is 62.0. The zero-order chi connectivity index (χ0) is 36.9. The Morgan fingerprint density at radius 3 is 1.82 bits per heavy atom. The quantitative estimate of drug-likeness (QED) is 0.182. The van der Waals surface area contributed by atoms with E-state index in [1.807, 2.05) is 12.1 Å². The van der Waals surface area contributed by atoms with Crippen LogP contribution in [0.1, 0.15) is 5.56 Å². The zero-order valence-electron chi connectivity index (χ0n) is 30.4. The van der Waals surface area contributed by atoms with Crippen LogP contribution in [-0.4, -0.2) is 19.1 Å². The van der Waals surface area contributed by atoms with E-state index in [0.717, 1.165) is 99.4 Å². The highest BCUT2D eigenvalue weighted by Crippen LogP contribution is 2.49. The summed E-state index contributed by atoms with van der Waals surface area (Å²) in [5, 5.41) is 7.93. The first kappa shape index (κ1) is 30.9. The number of fused-ring (bicyclic) bond motifs is 13. The highest BCUT2D eigenvalue weighted by molar-refractivity contribution is 6.39. The lowest BCUT2D eigenvalue weighted by Gasteiger charge is -2.15. The van der Waals surface area contributed by atoms with Gasteiger partial charge in [0.2, 0.25) is 0 Å². The van der Waals surface area contributed by atoms with E-state index in [1.165, 1.54) is 10.8 Å². The summed E-state index contributed by atoms with van der Waals surface area (Å²) in [5.74, 6) is 0.705. The first-order valence-corrected chi connectivity index (χ1v) is 19.0. The van der Waals surface area contributed by atoms with Gasteiger partial charge in [-0.1, -0.05) is 121 Å². The van der Waals surface area contributed by atoms with Crippen molar-refractivity contribution in [1.82, 2.24) is 19.1 Å². The summed E-state index contributed by atoms with van der Waals surface area (Å²) < 4.78 is 11.8. The van der Waals surface area contributed by atoms with E-state index in [-0.39, 0.29) is 0 Å². The molecule has 0 aliphatic heterocycles. The molecule has 0 aliphatic rings. The number of nitrogens with zero attached hydrogens (tertiary/aromatic N) is 4. The Balaban J connectivity index is 1.20. The van der Waals surface area contributed by atoms with Gasteiger partial charge in [-0.2, -0.15) is 0 Å². The first-order chi connectivity index (χ1) is 27.7. The van der Waals surface area contributed by atoms with Gasteiger partial charge in [0, 0.05) is 49.4 Å². The first-order valence-electron chi connectivity index (χ1n) is 19.0. The number of aromatic nitrogens is 4. The molecule has 0 fully saturated rings. The summed E-state index contributed by atoms with van der Waals surface area (Å²) in [5.41, 5.74) is 13.5. The van der Waals surface area contributed by atoms with Crippen molar-refractivity contribution < 1.29 is 4.42 Å². The summed E-state index contributed by atoms with van der Waals surface area (Å²) in [6.07, 6.45) is 0. The molecule has 56 heavy (non-hydrogen) atoms. The van der Waals surface area contributed by atoms with E-state index < -0.39 is 0 Å². The summed E-state index contributed by atoms with van der Waals surface area (Å²) in [6.45, 7) is 2.20. The maximum atomic E-state index is 6.96. The van der Waals surface area contributed by atoms with Crippen LogP contribution in [0.2, 0.25) is 0 Å². The number of aryl methyl sites for hydroxylation is 1. The average molecular weight is 717 g/mol. The van der Waals surface area contributed by atoms with Crippen LogP contribution in [-0.2, 0) is 0 Å². The van der Waals surface area contributed by atoms with E-state index >= 15 is 0 Å². The number of furan rings is 1. The Morgan fingerprint density at radius 2 is 1.05 bits per heavy atom. The van der Waals surface area contributed by atoms with Gasteiger partial charge < -0.3 is 13.6 Å². The Bertz CT molecular complexity index is 3540. The fraction of sp³-hybridized carbons (Fsp3) is 0.0196. The summed E-state index contributed by atoms with van der Waals surface area (Å²) >= 11 is 0. The van der Waals surface area contributed by atoms with Crippen LogP contribution in [0.4, 0.5) is 0 Å². The highest BCUT2D eigenvalue weighted by atomic mass is 16.3. The zero-order valence-corrected chi connectivity index (χ0v) is 30.4. The Kier molecular flexibility index (Phi) is 6.48. The van der Waals surface area contributed by atoms with Crippen molar-refractivity contribution in [2.45, 2.75) is 6.92 Å². The van der Waals surface area contributed by atoms with E-state index in [2.05, 4.69) is 180 Å². The number of rotatable bonds is 4. The molecule has 0 saturated heterocycles. The predicted octanol–water partition coefficient (Wildman–Crippen LogP) is 13.4. The third-order valence-electron chi connectivity index (χ3n) is 11.4. The van der Waals surface area contributed by atoms with Crippen LogP contribution in [0.5, 0.6) is 0 Å². The van der Waals surface area contributed by atoms with E-state index in [0.29, 0.717) is 5.82 Å². The maximum absolute atomic E-state index is 6.96. The number of hydrogen-bond acceptors (Lipinski definition) is 3. The molecule has 12 rings (SSSR count). The predicted molar refractivity (Wildman–Crippen MR) is 231 cm³/mol.